The number of anilines is 1. The molecule has 0 aliphatic carbocycles. The molecule has 1 aliphatic heterocycles. The van der Waals surface area contributed by atoms with Gasteiger partial charge in [0.25, 0.3) is 0 Å². The maximum Gasteiger partial charge on any atom is 0.222 e. The van der Waals surface area contributed by atoms with Crippen LogP contribution in [-0.2, 0) is 4.79 Å². The van der Waals surface area contributed by atoms with E-state index in [4.69, 9.17) is 0 Å². The quantitative estimate of drug-likeness (QED) is 0.880. The summed E-state index contributed by atoms with van der Waals surface area (Å²) in [6, 6.07) is 6.47. The van der Waals surface area contributed by atoms with E-state index >= 15 is 0 Å². The maximum atomic E-state index is 11.9. The standard InChI is InChI=1S/C18H22BrN3O/c1-4-17(23)22-8-7-14(10-22)21-18-11(2)12(3)20-16-6-5-13(19)9-15(16)18/h5-6,9,14H,4,7-8,10H2,1-3H3,(H,20,21). The van der Waals surface area contributed by atoms with E-state index in [-0.39, 0.29) is 5.91 Å². The second kappa shape index (κ2) is 6.48. The molecule has 1 N–H and O–H groups in total. The van der Waals surface area contributed by atoms with Crippen LogP contribution >= 0.6 is 15.9 Å². The number of aryl methyl sites for hydroxylation is 1. The number of hydrogen-bond donors (Lipinski definition) is 1. The highest BCUT2D eigenvalue weighted by atomic mass is 79.9. The molecule has 1 atom stereocenters. The first-order valence-electron chi connectivity index (χ1n) is 8.10. The molecule has 2 heterocycles. The van der Waals surface area contributed by atoms with Gasteiger partial charge in [-0.3, -0.25) is 9.78 Å². The van der Waals surface area contributed by atoms with Gasteiger partial charge in [0, 0.05) is 46.8 Å². The first kappa shape index (κ1) is 16.2. The lowest BCUT2D eigenvalue weighted by Crippen LogP contribution is -2.31. The van der Waals surface area contributed by atoms with Gasteiger partial charge in [0.05, 0.1) is 5.52 Å². The Balaban J connectivity index is 1.92. The zero-order valence-corrected chi connectivity index (χ0v) is 15.4. The number of nitrogens with one attached hydrogen (secondary N) is 1. The van der Waals surface area contributed by atoms with Gasteiger partial charge in [0.2, 0.25) is 5.91 Å². The highest BCUT2D eigenvalue weighted by molar-refractivity contribution is 9.10. The van der Waals surface area contributed by atoms with Crippen LogP contribution in [0.15, 0.2) is 22.7 Å². The van der Waals surface area contributed by atoms with Crippen molar-refractivity contribution >= 4 is 38.4 Å². The van der Waals surface area contributed by atoms with Crippen molar-refractivity contribution in [3.63, 3.8) is 0 Å². The molecule has 1 aliphatic rings. The Hall–Kier alpha value is -1.62. The Bertz CT molecular complexity index is 760. The average molecular weight is 376 g/mol. The summed E-state index contributed by atoms with van der Waals surface area (Å²) in [4.78, 5) is 18.5. The third kappa shape index (κ3) is 3.20. The summed E-state index contributed by atoms with van der Waals surface area (Å²) < 4.78 is 1.05. The molecule has 2 aromatic rings. The van der Waals surface area contributed by atoms with Crippen LogP contribution in [0.25, 0.3) is 10.9 Å². The summed E-state index contributed by atoms with van der Waals surface area (Å²) in [6.07, 6.45) is 1.57. The number of fused-ring (bicyclic) bond motifs is 1. The third-order valence-corrected chi connectivity index (χ3v) is 5.12. The van der Waals surface area contributed by atoms with Crippen molar-refractivity contribution in [1.29, 1.82) is 0 Å². The van der Waals surface area contributed by atoms with Crippen LogP contribution in [0.5, 0.6) is 0 Å². The van der Waals surface area contributed by atoms with Gasteiger partial charge in [-0.25, -0.2) is 0 Å². The highest BCUT2D eigenvalue weighted by Crippen LogP contribution is 2.31. The van der Waals surface area contributed by atoms with Crippen LogP contribution in [-0.4, -0.2) is 34.9 Å². The van der Waals surface area contributed by atoms with Crippen LogP contribution in [0.3, 0.4) is 0 Å². The third-order valence-electron chi connectivity index (χ3n) is 4.63. The molecule has 0 saturated carbocycles. The summed E-state index contributed by atoms with van der Waals surface area (Å²) >= 11 is 3.55. The number of hydrogen-bond acceptors (Lipinski definition) is 3. The van der Waals surface area contributed by atoms with Gasteiger partial charge >= 0.3 is 0 Å². The predicted octanol–water partition coefficient (Wildman–Crippen LogP) is 4.04. The zero-order valence-electron chi connectivity index (χ0n) is 13.8. The SMILES string of the molecule is CCC(=O)N1CCC(Nc2c(C)c(C)nc3ccc(Br)cc23)C1. The normalized spacial score (nSPS) is 17.7. The summed E-state index contributed by atoms with van der Waals surface area (Å²) in [5, 5.41) is 4.80. The number of amides is 1. The van der Waals surface area contributed by atoms with Crippen molar-refractivity contribution in [1.82, 2.24) is 9.88 Å². The Morgan fingerprint density at radius 3 is 2.96 bits per heavy atom. The number of rotatable bonds is 3. The summed E-state index contributed by atoms with van der Waals surface area (Å²) in [5.74, 6) is 0.240. The van der Waals surface area contributed by atoms with E-state index < -0.39 is 0 Å². The van der Waals surface area contributed by atoms with E-state index in [1.165, 1.54) is 5.56 Å². The molecule has 4 nitrogen and oxygen atoms in total. The number of carbonyl (C=O) groups is 1. The molecule has 1 amide bonds. The van der Waals surface area contributed by atoms with Crippen molar-refractivity contribution in [3.05, 3.63) is 33.9 Å². The summed E-state index contributed by atoms with van der Waals surface area (Å²) in [6.45, 7) is 7.70. The van der Waals surface area contributed by atoms with Crippen LogP contribution < -0.4 is 5.32 Å². The number of aromatic nitrogens is 1. The molecule has 1 fully saturated rings. The smallest absolute Gasteiger partial charge is 0.222 e. The van der Waals surface area contributed by atoms with E-state index in [0.717, 1.165) is 46.3 Å². The van der Waals surface area contributed by atoms with E-state index in [1.807, 2.05) is 30.9 Å². The summed E-state index contributed by atoms with van der Waals surface area (Å²) in [7, 11) is 0. The molecular formula is C18H22BrN3O. The summed E-state index contributed by atoms with van der Waals surface area (Å²) in [5.41, 5.74) is 4.36. The van der Waals surface area contributed by atoms with Crippen LogP contribution in [0.4, 0.5) is 5.69 Å². The molecule has 23 heavy (non-hydrogen) atoms. The first-order valence-corrected chi connectivity index (χ1v) is 8.89. The fraction of sp³-hybridized carbons (Fsp3) is 0.444. The molecule has 1 aromatic heterocycles. The molecule has 122 valence electrons. The second-order valence-electron chi connectivity index (χ2n) is 6.18. The number of nitrogens with zero attached hydrogens (tertiary/aromatic N) is 2. The maximum absolute atomic E-state index is 11.9. The lowest BCUT2D eigenvalue weighted by atomic mass is 10.1. The minimum Gasteiger partial charge on any atom is -0.380 e. The Morgan fingerprint density at radius 1 is 1.43 bits per heavy atom. The van der Waals surface area contributed by atoms with Gasteiger partial charge in [0.1, 0.15) is 0 Å². The molecule has 1 saturated heterocycles. The van der Waals surface area contributed by atoms with Crippen molar-refractivity contribution in [3.8, 4) is 0 Å². The van der Waals surface area contributed by atoms with Crippen LogP contribution in [0.2, 0.25) is 0 Å². The number of carbonyl (C=O) groups excluding carboxylic acids is 1. The largest absolute Gasteiger partial charge is 0.380 e. The fourth-order valence-corrected chi connectivity index (χ4v) is 3.53. The lowest BCUT2D eigenvalue weighted by Gasteiger charge is -2.20. The number of likely N-dealkylation sites (tertiary alicyclic amines) is 1. The van der Waals surface area contributed by atoms with Crippen LogP contribution in [0, 0.1) is 13.8 Å². The van der Waals surface area contributed by atoms with E-state index in [0.29, 0.717) is 12.5 Å². The van der Waals surface area contributed by atoms with Crippen molar-refractivity contribution in [2.45, 2.75) is 39.7 Å². The van der Waals surface area contributed by atoms with Gasteiger partial charge in [-0.15, -0.1) is 0 Å². The predicted molar refractivity (Wildman–Crippen MR) is 97.8 cm³/mol. The molecule has 3 rings (SSSR count). The molecule has 0 radical (unpaired) electrons. The van der Waals surface area contributed by atoms with Gasteiger partial charge in [-0.2, -0.15) is 0 Å². The molecule has 5 heteroatoms. The minimum absolute atomic E-state index is 0.240. The number of halogens is 1. The second-order valence-corrected chi connectivity index (χ2v) is 7.10. The molecule has 1 aromatic carbocycles. The van der Waals surface area contributed by atoms with Crippen molar-refractivity contribution in [2.75, 3.05) is 18.4 Å². The topological polar surface area (TPSA) is 45.2 Å². The Labute approximate surface area is 145 Å². The van der Waals surface area contributed by atoms with Crippen molar-refractivity contribution < 1.29 is 4.79 Å². The van der Waals surface area contributed by atoms with E-state index in [9.17, 15) is 4.79 Å². The number of benzene rings is 1. The lowest BCUT2D eigenvalue weighted by molar-refractivity contribution is -0.129. The molecular weight excluding hydrogens is 354 g/mol. The molecule has 0 spiro atoms. The first-order chi connectivity index (χ1) is 11.0. The average Bonchev–Trinajstić information content (AvgIpc) is 3.00. The molecule has 0 bridgehead atoms. The van der Waals surface area contributed by atoms with Gasteiger partial charge < -0.3 is 10.2 Å². The van der Waals surface area contributed by atoms with E-state index in [2.05, 4.69) is 39.2 Å². The van der Waals surface area contributed by atoms with Gasteiger partial charge in [-0.05, 0) is 44.0 Å². The molecule has 1 unspecified atom stereocenters. The minimum atomic E-state index is 0.240. The monoisotopic (exact) mass is 375 g/mol. The van der Waals surface area contributed by atoms with Crippen LogP contribution in [0.1, 0.15) is 31.0 Å². The fourth-order valence-electron chi connectivity index (χ4n) is 3.17. The Morgan fingerprint density at radius 2 is 2.22 bits per heavy atom. The highest BCUT2D eigenvalue weighted by Gasteiger charge is 2.26. The zero-order chi connectivity index (χ0) is 16.6. The number of pyridine rings is 1. The van der Waals surface area contributed by atoms with Gasteiger partial charge in [0.15, 0.2) is 0 Å². The van der Waals surface area contributed by atoms with E-state index in [1.54, 1.807) is 0 Å². The Kier molecular flexibility index (Phi) is 4.57. The van der Waals surface area contributed by atoms with Gasteiger partial charge in [-0.1, -0.05) is 22.9 Å². The van der Waals surface area contributed by atoms with Crippen molar-refractivity contribution in [2.24, 2.45) is 0 Å².